The lowest BCUT2D eigenvalue weighted by Gasteiger charge is -2.51. The third-order valence-electron chi connectivity index (χ3n) is 19.4. The highest BCUT2D eigenvalue weighted by Crippen LogP contribution is 2.64. The lowest BCUT2D eigenvalue weighted by Crippen LogP contribution is -2.63. The van der Waals surface area contributed by atoms with Crippen LogP contribution in [0.5, 0.6) is 0 Å². The van der Waals surface area contributed by atoms with Crippen molar-refractivity contribution in [1.82, 2.24) is 0 Å². The molecule has 8 aromatic rings. The zero-order valence-corrected chi connectivity index (χ0v) is 43.7. The smallest absolute Gasteiger partial charge is 0.252 e. The van der Waals surface area contributed by atoms with Gasteiger partial charge in [0.15, 0.2) is 0 Å². The van der Waals surface area contributed by atoms with Crippen LogP contribution in [0, 0.1) is 0 Å². The van der Waals surface area contributed by atoms with E-state index < -0.39 is 0 Å². The summed E-state index contributed by atoms with van der Waals surface area (Å²) in [6.45, 7) is 19.5. The molecule has 4 heterocycles. The maximum absolute atomic E-state index is 2.93. The van der Waals surface area contributed by atoms with Crippen molar-refractivity contribution in [2.75, 3.05) is 14.7 Å². The molecule has 2 aliphatic carbocycles. The van der Waals surface area contributed by atoms with Gasteiger partial charge in [-0.05, 0) is 146 Å². The minimum absolute atomic E-state index is 0.0262. The van der Waals surface area contributed by atoms with E-state index >= 15 is 0 Å². The SMILES string of the molecule is CC(C)(C)c1ccc2c(c1)B1c3cccc4c3N(c3cc(N5c6ccccc6C6(C)CCCCC56C)cc(c31)N2c1ccc(C(C)(C)C)cc1-c1ccc2ccccc2c1)C1CCCCC41c1ccccc1. The first-order chi connectivity index (χ1) is 34.7. The van der Waals surface area contributed by atoms with Crippen molar-refractivity contribution in [2.45, 2.75) is 140 Å². The van der Waals surface area contributed by atoms with E-state index in [1.54, 1.807) is 0 Å². The van der Waals surface area contributed by atoms with Crippen molar-refractivity contribution in [3.8, 4) is 11.1 Å². The van der Waals surface area contributed by atoms with E-state index in [9.17, 15) is 0 Å². The van der Waals surface area contributed by atoms with Crippen LogP contribution in [0.2, 0.25) is 0 Å². The second-order valence-corrected chi connectivity index (χ2v) is 25.1. The molecule has 72 heavy (non-hydrogen) atoms. The molecule has 6 aliphatic rings. The Hall–Kier alpha value is -6.52. The summed E-state index contributed by atoms with van der Waals surface area (Å²) in [5, 5.41) is 2.53. The molecule has 0 bridgehead atoms. The number of rotatable bonds is 4. The summed E-state index contributed by atoms with van der Waals surface area (Å²) in [5.41, 5.74) is 23.2. The van der Waals surface area contributed by atoms with Crippen LogP contribution < -0.4 is 31.1 Å². The van der Waals surface area contributed by atoms with Crippen LogP contribution >= 0.6 is 0 Å². The minimum Gasteiger partial charge on any atom is -0.338 e. The normalized spacial score (nSPS) is 23.6. The fraction of sp³-hybridized carbons (Fsp3) is 0.324. The third-order valence-corrected chi connectivity index (χ3v) is 19.4. The fourth-order valence-corrected chi connectivity index (χ4v) is 15.5. The molecule has 0 N–H and O–H groups in total. The van der Waals surface area contributed by atoms with Gasteiger partial charge < -0.3 is 14.7 Å². The van der Waals surface area contributed by atoms with Gasteiger partial charge in [-0.3, -0.25) is 0 Å². The van der Waals surface area contributed by atoms with Gasteiger partial charge in [-0.2, -0.15) is 0 Å². The average Bonchev–Trinajstić information content (AvgIpc) is 3.82. The number of hydrogen-bond donors (Lipinski definition) is 0. The van der Waals surface area contributed by atoms with Crippen molar-refractivity contribution in [3.05, 3.63) is 192 Å². The predicted octanol–water partition coefficient (Wildman–Crippen LogP) is 15.8. The maximum atomic E-state index is 2.93. The van der Waals surface area contributed by atoms with E-state index in [4.69, 9.17) is 0 Å². The molecule has 4 unspecified atom stereocenters. The summed E-state index contributed by atoms with van der Waals surface area (Å²) in [6, 6.07) is 65.2. The fourth-order valence-electron chi connectivity index (χ4n) is 15.5. The highest BCUT2D eigenvalue weighted by Gasteiger charge is 2.60. The maximum Gasteiger partial charge on any atom is 0.252 e. The molecule has 8 aromatic carbocycles. The van der Waals surface area contributed by atoms with E-state index in [-0.39, 0.29) is 33.9 Å². The Balaban J connectivity index is 1.12. The van der Waals surface area contributed by atoms with Gasteiger partial charge in [0.25, 0.3) is 6.71 Å². The second-order valence-electron chi connectivity index (χ2n) is 25.1. The topological polar surface area (TPSA) is 9.72 Å². The predicted molar refractivity (Wildman–Crippen MR) is 307 cm³/mol. The Morgan fingerprint density at radius 1 is 0.514 bits per heavy atom. The molecular weight excluding hydrogens is 870 g/mol. The molecule has 14 rings (SSSR count). The molecule has 2 fully saturated rings. The number of para-hydroxylation sites is 2. The Bertz CT molecular complexity index is 3540. The zero-order chi connectivity index (χ0) is 49.1. The van der Waals surface area contributed by atoms with Gasteiger partial charge in [-0.15, -0.1) is 0 Å². The van der Waals surface area contributed by atoms with Crippen molar-refractivity contribution in [1.29, 1.82) is 0 Å². The molecule has 0 saturated heterocycles. The average molecular weight is 938 g/mol. The first-order valence-electron chi connectivity index (χ1n) is 27.3. The highest BCUT2D eigenvalue weighted by atomic mass is 15.3. The number of nitrogens with zero attached hydrogens (tertiary/aromatic N) is 3. The van der Waals surface area contributed by atoms with Crippen molar-refractivity contribution >= 4 is 73.7 Å². The summed E-state index contributed by atoms with van der Waals surface area (Å²) in [7, 11) is 0. The third kappa shape index (κ3) is 5.93. The lowest BCUT2D eigenvalue weighted by atomic mass is 9.33. The largest absolute Gasteiger partial charge is 0.338 e. The van der Waals surface area contributed by atoms with Gasteiger partial charge in [-0.1, -0.05) is 195 Å². The van der Waals surface area contributed by atoms with Crippen molar-refractivity contribution in [3.63, 3.8) is 0 Å². The molecule has 4 atom stereocenters. The number of fused-ring (bicyclic) bond motifs is 11. The molecule has 2 saturated carbocycles. The van der Waals surface area contributed by atoms with Gasteiger partial charge in [0, 0.05) is 56.6 Å². The van der Waals surface area contributed by atoms with Crippen molar-refractivity contribution < 1.29 is 0 Å². The standard InChI is InChI=1S/C68H68BN3/c1-64(2,3)48-32-34-56(51(40-48)46-31-30-44-21-12-13-22-45(44)39-46)70-58-35-33-49(65(4,5)6)41-55(58)69-54-27-20-26-53-63(54)71(61-29-16-17-38-68(53,61)47-23-10-9-11-24-47)60-43-50(42-59(70)62(60)69)72-57-28-15-14-25-52(57)66(7)36-18-19-37-67(66,72)8/h9-15,20-28,30-35,39-43,61H,16-19,29,36-38H2,1-8H3. The molecule has 0 radical (unpaired) electrons. The van der Waals surface area contributed by atoms with Gasteiger partial charge in [0.2, 0.25) is 0 Å². The van der Waals surface area contributed by atoms with Crippen LogP contribution in [-0.2, 0) is 21.7 Å². The van der Waals surface area contributed by atoms with Gasteiger partial charge in [-0.25, -0.2) is 0 Å². The summed E-state index contributed by atoms with van der Waals surface area (Å²) in [6.07, 6.45) is 9.65. The van der Waals surface area contributed by atoms with Gasteiger partial charge in [0.05, 0.1) is 11.2 Å². The van der Waals surface area contributed by atoms with Crippen LogP contribution in [0.1, 0.15) is 135 Å². The molecule has 358 valence electrons. The quantitative estimate of drug-likeness (QED) is 0.163. The van der Waals surface area contributed by atoms with Crippen molar-refractivity contribution in [2.24, 2.45) is 0 Å². The number of benzene rings is 8. The summed E-state index contributed by atoms with van der Waals surface area (Å²) < 4.78 is 0. The lowest BCUT2D eigenvalue weighted by molar-refractivity contribution is 0.195. The molecule has 0 spiro atoms. The van der Waals surface area contributed by atoms with E-state index in [0.29, 0.717) is 6.04 Å². The minimum atomic E-state index is -0.114. The molecular formula is C68H68BN3. The Kier molecular flexibility index (Phi) is 9.37. The zero-order valence-electron chi connectivity index (χ0n) is 43.7. The van der Waals surface area contributed by atoms with Gasteiger partial charge >= 0.3 is 0 Å². The van der Waals surface area contributed by atoms with E-state index in [2.05, 4.69) is 234 Å². The first-order valence-corrected chi connectivity index (χ1v) is 27.3. The summed E-state index contributed by atoms with van der Waals surface area (Å²) >= 11 is 0. The number of hydrogen-bond acceptors (Lipinski definition) is 3. The molecule has 3 nitrogen and oxygen atoms in total. The molecule has 4 heteroatoms. The van der Waals surface area contributed by atoms with Crippen LogP contribution in [0.15, 0.2) is 164 Å². The van der Waals surface area contributed by atoms with E-state index in [0.717, 1.165) is 19.3 Å². The Morgan fingerprint density at radius 3 is 2.00 bits per heavy atom. The summed E-state index contributed by atoms with van der Waals surface area (Å²) in [4.78, 5) is 8.52. The highest BCUT2D eigenvalue weighted by molar-refractivity contribution is 7.00. The molecule has 4 aliphatic heterocycles. The van der Waals surface area contributed by atoms with Crippen LogP contribution in [-0.4, -0.2) is 18.3 Å². The van der Waals surface area contributed by atoms with Crippen LogP contribution in [0.4, 0.5) is 39.8 Å². The number of anilines is 7. The Morgan fingerprint density at radius 2 is 1.19 bits per heavy atom. The van der Waals surface area contributed by atoms with Crippen LogP contribution in [0.3, 0.4) is 0 Å². The second kappa shape index (κ2) is 15.3. The molecule has 0 aromatic heterocycles. The summed E-state index contributed by atoms with van der Waals surface area (Å²) in [5.74, 6) is 0. The first kappa shape index (κ1) is 44.2. The van der Waals surface area contributed by atoms with Gasteiger partial charge in [0.1, 0.15) is 0 Å². The monoisotopic (exact) mass is 938 g/mol. The van der Waals surface area contributed by atoms with Crippen LogP contribution in [0.25, 0.3) is 21.9 Å². The van der Waals surface area contributed by atoms with E-state index in [1.165, 1.54) is 138 Å². The molecule has 0 amide bonds. The Labute approximate surface area is 429 Å². The van der Waals surface area contributed by atoms with E-state index in [1.807, 2.05) is 0 Å².